The molecule has 0 spiro atoms. The van der Waals surface area contributed by atoms with Gasteiger partial charge in [-0.15, -0.1) is 0 Å². The third-order valence-electron chi connectivity index (χ3n) is 3.72. The first-order chi connectivity index (χ1) is 10.5. The normalized spacial score (nSPS) is 22.3. The number of hydrogen-bond acceptors (Lipinski definition) is 3. The van der Waals surface area contributed by atoms with Gasteiger partial charge in [-0.05, 0) is 18.6 Å². The van der Waals surface area contributed by atoms with Crippen molar-refractivity contribution in [1.29, 1.82) is 0 Å². The number of urea groups is 1. The second-order valence-electron chi connectivity index (χ2n) is 5.48. The molecule has 0 radical (unpaired) electrons. The summed E-state index contributed by atoms with van der Waals surface area (Å²) in [5.74, 6) is -0.201. The van der Waals surface area contributed by atoms with Crippen LogP contribution < -0.4 is 10.6 Å². The summed E-state index contributed by atoms with van der Waals surface area (Å²) in [7, 11) is 0. The molecule has 0 bridgehead atoms. The second kappa shape index (κ2) is 5.62. The number of rotatable bonds is 3. The van der Waals surface area contributed by atoms with Gasteiger partial charge in [-0.25, -0.2) is 4.79 Å². The topological polar surface area (TPSA) is 81.7 Å². The highest BCUT2D eigenvalue weighted by atomic mass is 35.5. The van der Waals surface area contributed by atoms with E-state index < -0.39 is 12.1 Å². The first-order valence-corrected chi connectivity index (χ1v) is 7.37. The molecule has 3 amide bonds. The van der Waals surface area contributed by atoms with E-state index in [-0.39, 0.29) is 25.0 Å². The minimum absolute atomic E-state index is 0.201. The fraction of sp³-hybridized carbons (Fsp3) is 0.333. The van der Waals surface area contributed by atoms with Crippen molar-refractivity contribution in [1.82, 2.24) is 15.5 Å². The van der Waals surface area contributed by atoms with Gasteiger partial charge in [-0.2, -0.15) is 0 Å². The number of benzene rings is 1. The standard InChI is InChI=1S/C15H16ClN3O3/c1-8(20)6-19-7-11-12(14(19)21)13(18-15(22)17-11)9-4-2-3-5-10(9)16/h2-5,8,13,20H,6-7H2,1H3,(H2,17,18,22)/t8-,13-/m1/s1. The molecule has 2 aliphatic heterocycles. The van der Waals surface area contributed by atoms with E-state index in [1.807, 2.05) is 6.07 Å². The molecule has 116 valence electrons. The van der Waals surface area contributed by atoms with Crippen LogP contribution in [-0.2, 0) is 4.79 Å². The quantitative estimate of drug-likeness (QED) is 0.781. The highest BCUT2D eigenvalue weighted by Gasteiger charge is 2.41. The van der Waals surface area contributed by atoms with Crippen molar-refractivity contribution in [3.05, 3.63) is 46.1 Å². The lowest BCUT2D eigenvalue weighted by molar-refractivity contribution is -0.126. The summed E-state index contributed by atoms with van der Waals surface area (Å²) in [4.78, 5) is 26.0. The lowest BCUT2D eigenvalue weighted by atomic mass is 9.96. The molecule has 2 heterocycles. The predicted molar refractivity (Wildman–Crippen MR) is 81.1 cm³/mol. The Kier molecular flexibility index (Phi) is 3.80. The average Bonchev–Trinajstić information content (AvgIpc) is 2.74. The first-order valence-electron chi connectivity index (χ1n) is 6.99. The molecular formula is C15H16ClN3O3. The van der Waals surface area contributed by atoms with Crippen molar-refractivity contribution < 1.29 is 14.7 Å². The van der Waals surface area contributed by atoms with Gasteiger partial charge in [0.2, 0.25) is 0 Å². The molecule has 3 rings (SSSR count). The van der Waals surface area contributed by atoms with Gasteiger partial charge in [-0.3, -0.25) is 4.79 Å². The van der Waals surface area contributed by atoms with Crippen LogP contribution in [0.4, 0.5) is 4.79 Å². The van der Waals surface area contributed by atoms with Gasteiger partial charge in [0.1, 0.15) is 0 Å². The molecule has 0 fully saturated rings. The molecule has 2 atom stereocenters. The summed E-state index contributed by atoms with van der Waals surface area (Å²) >= 11 is 6.20. The number of carbonyl (C=O) groups excluding carboxylic acids is 2. The number of aliphatic hydroxyl groups is 1. The van der Waals surface area contributed by atoms with E-state index in [0.29, 0.717) is 21.9 Å². The number of nitrogens with one attached hydrogen (secondary N) is 2. The smallest absolute Gasteiger partial charge is 0.319 e. The van der Waals surface area contributed by atoms with E-state index in [2.05, 4.69) is 10.6 Å². The molecule has 1 aromatic carbocycles. The van der Waals surface area contributed by atoms with Crippen LogP contribution in [0.3, 0.4) is 0 Å². The summed E-state index contributed by atoms with van der Waals surface area (Å²) in [6.45, 7) is 2.12. The number of aliphatic hydroxyl groups excluding tert-OH is 1. The Labute approximate surface area is 132 Å². The zero-order chi connectivity index (χ0) is 15.9. The Morgan fingerprint density at radius 1 is 1.41 bits per heavy atom. The molecule has 0 saturated carbocycles. The van der Waals surface area contributed by atoms with Crippen molar-refractivity contribution >= 4 is 23.5 Å². The molecule has 22 heavy (non-hydrogen) atoms. The van der Waals surface area contributed by atoms with Gasteiger partial charge in [0, 0.05) is 11.6 Å². The number of carbonyl (C=O) groups is 2. The number of nitrogens with zero attached hydrogens (tertiary/aromatic N) is 1. The molecule has 6 nitrogen and oxygen atoms in total. The lowest BCUT2D eigenvalue weighted by Crippen LogP contribution is -2.44. The summed E-state index contributed by atoms with van der Waals surface area (Å²) in [6, 6.07) is 6.16. The van der Waals surface area contributed by atoms with E-state index in [1.165, 1.54) is 4.90 Å². The van der Waals surface area contributed by atoms with Crippen molar-refractivity contribution in [2.75, 3.05) is 13.1 Å². The highest BCUT2D eigenvalue weighted by molar-refractivity contribution is 6.31. The zero-order valence-electron chi connectivity index (χ0n) is 12.0. The van der Waals surface area contributed by atoms with Crippen LogP contribution in [0.15, 0.2) is 35.5 Å². The van der Waals surface area contributed by atoms with Crippen LogP contribution in [0.25, 0.3) is 0 Å². The van der Waals surface area contributed by atoms with E-state index >= 15 is 0 Å². The van der Waals surface area contributed by atoms with E-state index in [9.17, 15) is 14.7 Å². The number of β-amino-alcohol motifs (C(OH)–C–C–N with tert-alkyl or cyclic N) is 1. The third-order valence-corrected chi connectivity index (χ3v) is 4.07. The Morgan fingerprint density at radius 2 is 2.14 bits per heavy atom. The second-order valence-corrected chi connectivity index (χ2v) is 5.89. The number of halogens is 1. The largest absolute Gasteiger partial charge is 0.392 e. The van der Waals surface area contributed by atoms with Gasteiger partial charge < -0.3 is 20.6 Å². The number of hydrogen-bond donors (Lipinski definition) is 3. The number of amides is 3. The van der Waals surface area contributed by atoms with Gasteiger partial charge >= 0.3 is 6.03 Å². The van der Waals surface area contributed by atoms with E-state index in [4.69, 9.17) is 11.6 Å². The monoisotopic (exact) mass is 321 g/mol. The maximum atomic E-state index is 12.6. The van der Waals surface area contributed by atoms with Crippen LogP contribution >= 0.6 is 11.6 Å². The Hall–Kier alpha value is -2.05. The summed E-state index contributed by atoms with van der Waals surface area (Å²) < 4.78 is 0. The van der Waals surface area contributed by atoms with Crippen molar-refractivity contribution in [3.63, 3.8) is 0 Å². The SMILES string of the molecule is C[C@@H](O)CN1CC2=C(C1=O)[C@@H](c1ccccc1Cl)NC(=O)N2. The molecule has 7 heteroatoms. The molecule has 0 unspecified atom stereocenters. The van der Waals surface area contributed by atoms with Crippen LogP contribution in [0.5, 0.6) is 0 Å². The van der Waals surface area contributed by atoms with Crippen molar-refractivity contribution in [2.45, 2.75) is 19.1 Å². The van der Waals surface area contributed by atoms with E-state index in [0.717, 1.165) is 0 Å². The Morgan fingerprint density at radius 3 is 2.82 bits per heavy atom. The first kappa shape index (κ1) is 14.9. The maximum absolute atomic E-state index is 12.6. The van der Waals surface area contributed by atoms with Gasteiger partial charge in [0.05, 0.1) is 30.0 Å². The third kappa shape index (κ3) is 2.55. The summed E-state index contributed by atoms with van der Waals surface area (Å²) in [6.07, 6.45) is -0.632. The van der Waals surface area contributed by atoms with Crippen LogP contribution in [0.1, 0.15) is 18.5 Å². The van der Waals surface area contributed by atoms with Gasteiger partial charge in [-0.1, -0.05) is 29.8 Å². The molecule has 0 aromatic heterocycles. The minimum atomic E-state index is -0.632. The van der Waals surface area contributed by atoms with Crippen molar-refractivity contribution in [3.8, 4) is 0 Å². The molecule has 0 aliphatic carbocycles. The van der Waals surface area contributed by atoms with Crippen LogP contribution in [0, 0.1) is 0 Å². The summed E-state index contributed by atoms with van der Waals surface area (Å²) in [5.41, 5.74) is 1.73. The fourth-order valence-corrected chi connectivity index (χ4v) is 3.08. The zero-order valence-corrected chi connectivity index (χ0v) is 12.7. The minimum Gasteiger partial charge on any atom is -0.392 e. The molecular weight excluding hydrogens is 306 g/mol. The van der Waals surface area contributed by atoms with Gasteiger partial charge in [0.15, 0.2) is 0 Å². The van der Waals surface area contributed by atoms with Crippen LogP contribution in [0.2, 0.25) is 5.02 Å². The maximum Gasteiger partial charge on any atom is 0.319 e. The lowest BCUT2D eigenvalue weighted by Gasteiger charge is -2.26. The average molecular weight is 322 g/mol. The fourth-order valence-electron chi connectivity index (χ4n) is 2.84. The molecule has 2 aliphatic rings. The Balaban J connectivity index is 1.98. The highest BCUT2D eigenvalue weighted by Crippen LogP contribution is 2.35. The van der Waals surface area contributed by atoms with Gasteiger partial charge in [0.25, 0.3) is 5.91 Å². The molecule has 0 saturated heterocycles. The predicted octanol–water partition coefficient (Wildman–Crippen LogP) is 1.17. The van der Waals surface area contributed by atoms with E-state index in [1.54, 1.807) is 25.1 Å². The van der Waals surface area contributed by atoms with Crippen molar-refractivity contribution in [2.24, 2.45) is 0 Å². The summed E-state index contributed by atoms with van der Waals surface area (Å²) in [5, 5.41) is 15.4. The Bertz CT molecular complexity index is 672. The molecule has 1 aromatic rings. The van der Waals surface area contributed by atoms with Crippen LogP contribution in [-0.4, -0.2) is 41.1 Å². The molecule has 3 N–H and O–H groups in total.